The van der Waals surface area contributed by atoms with Crippen molar-refractivity contribution in [3.8, 4) is 0 Å². The second-order valence-electron chi connectivity index (χ2n) is 4.72. The van der Waals surface area contributed by atoms with Gasteiger partial charge in [-0.2, -0.15) is 0 Å². The molecule has 0 aliphatic carbocycles. The van der Waals surface area contributed by atoms with Crippen LogP contribution in [0.3, 0.4) is 0 Å². The van der Waals surface area contributed by atoms with Crippen LogP contribution in [0.15, 0.2) is 42.5 Å². The second-order valence-corrected chi connectivity index (χ2v) is 4.72. The molecule has 1 atom stereocenters. The van der Waals surface area contributed by atoms with Crippen molar-refractivity contribution in [2.24, 2.45) is 0 Å². The third kappa shape index (κ3) is 3.16. The van der Waals surface area contributed by atoms with Crippen LogP contribution in [-0.2, 0) is 10.3 Å². The maximum absolute atomic E-state index is 13.3. The van der Waals surface area contributed by atoms with Gasteiger partial charge < -0.3 is 10.4 Å². The van der Waals surface area contributed by atoms with E-state index in [1.165, 1.54) is 19.1 Å². The topological polar surface area (TPSA) is 49.3 Å². The smallest absolute Gasteiger partial charge is 0.333 e. The Morgan fingerprint density at radius 1 is 1.00 bits per heavy atom. The van der Waals surface area contributed by atoms with Crippen LogP contribution in [0.4, 0.5) is 18.9 Å². The summed E-state index contributed by atoms with van der Waals surface area (Å²) in [6.07, 6.45) is 0. The summed E-state index contributed by atoms with van der Waals surface area (Å²) in [6.45, 7) is 1.27. The first-order valence-electron chi connectivity index (χ1n) is 6.05. The highest BCUT2D eigenvalue weighted by Crippen LogP contribution is 2.28. The molecule has 2 aromatic rings. The van der Waals surface area contributed by atoms with E-state index in [4.69, 9.17) is 0 Å². The first kappa shape index (κ1) is 14.9. The van der Waals surface area contributed by atoms with E-state index in [-0.39, 0.29) is 5.56 Å². The largest absolute Gasteiger partial charge is 0.479 e. The molecule has 0 aromatic heterocycles. The summed E-state index contributed by atoms with van der Waals surface area (Å²) in [5, 5.41) is 12.1. The molecule has 6 heteroatoms. The van der Waals surface area contributed by atoms with Gasteiger partial charge in [0, 0.05) is 11.8 Å². The first-order valence-corrected chi connectivity index (χ1v) is 6.05. The molecule has 0 spiro atoms. The van der Waals surface area contributed by atoms with Crippen molar-refractivity contribution in [3.63, 3.8) is 0 Å². The standard InChI is InChI=1S/C15H12F3NO2/c1-15(14(20)21,9-6-11(17)8-12(18)7-9)19-13-4-2-10(16)3-5-13/h2-8,19H,1H3,(H,20,21). The summed E-state index contributed by atoms with van der Waals surface area (Å²) in [5.74, 6) is -3.55. The number of nitrogens with one attached hydrogen (secondary N) is 1. The minimum atomic E-state index is -1.76. The lowest BCUT2D eigenvalue weighted by atomic mass is 9.91. The van der Waals surface area contributed by atoms with Crippen molar-refractivity contribution in [2.75, 3.05) is 5.32 Å². The lowest BCUT2D eigenvalue weighted by Crippen LogP contribution is -2.40. The van der Waals surface area contributed by atoms with Crippen molar-refractivity contribution < 1.29 is 23.1 Å². The molecule has 0 saturated carbocycles. The van der Waals surface area contributed by atoms with Gasteiger partial charge >= 0.3 is 5.97 Å². The van der Waals surface area contributed by atoms with Crippen LogP contribution in [0.1, 0.15) is 12.5 Å². The molecule has 2 rings (SSSR count). The van der Waals surface area contributed by atoms with Crippen LogP contribution in [0.25, 0.3) is 0 Å². The van der Waals surface area contributed by atoms with Gasteiger partial charge in [-0.1, -0.05) is 0 Å². The zero-order valence-corrected chi connectivity index (χ0v) is 11.0. The van der Waals surface area contributed by atoms with E-state index in [1.807, 2.05) is 0 Å². The molecule has 0 saturated heterocycles. The number of carbonyl (C=O) groups is 1. The number of halogens is 3. The molecule has 3 nitrogen and oxygen atoms in total. The molecule has 21 heavy (non-hydrogen) atoms. The predicted octanol–water partition coefficient (Wildman–Crippen LogP) is 3.52. The summed E-state index contributed by atoms with van der Waals surface area (Å²) >= 11 is 0. The molecule has 0 radical (unpaired) electrons. The normalized spacial score (nSPS) is 13.5. The fourth-order valence-corrected chi connectivity index (χ4v) is 1.91. The van der Waals surface area contributed by atoms with E-state index in [0.29, 0.717) is 11.8 Å². The van der Waals surface area contributed by atoms with Gasteiger partial charge in [0.25, 0.3) is 0 Å². The van der Waals surface area contributed by atoms with E-state index in [2.05, 4.69) is 5.32 Å². The number of hydrogen-bond acceptors (Lipinski definition) is 2. The van der Waals surface area contributed by atoms with Gasteiger partial charge in [-0.25, -0.2) is 18.0 Å². The average molecular weight is 295 g/mol. The molecule has 110 valence electrons. The molecule has 0 aliphatic heterocycles. The van der Waals surface area contributed by atoms with Crippen molar-refractivity contribution in [1.29, 1.82) is 0 Å². The van der Waals surface area contributed by atoms with Gasteiger partial charge in [-0.05, 0) is 48.9 Å². The highest BCUT2D eigenvalue weighted by Gasteiger charge is 2.36. The Kier molecular flexibility index (Phi) is 3.88. The highest BCUT2D eigenvalue weighted by atomic mass is 19.1. The van der Waals surface area contributed by atoms with Crippen molar-refractivity contribution in [3.05, 3.63) is 65.5 Å². The Hall–Kier alpha value is -2.50. The number of anilines is 1. The number of hydrogen-bond donors (Lipinski definition) is 2. The first-order chi connectivity index (χ1) is 9.81. The lowest BCUT2D eigenvalue weighted by molar-refractivity contribution is -0.142. The fraction of sp³-hybridized carbons (Fsp3) is 0.133. The monoisotopic (exact) mass is 295 g/mol. The molecule has 2 N–H and O–H groups in total. The minimum Gasteiger partial charge on any atom is -0.479 e. The summed E-state index contributed by atoms with van der Waals surface area (Å²) in [7, 11) is 0. The van der Waals surface area contributed by atoms with E-state index in [1.54, 1.807) is 0 Å². The third-order valence-corrected chi connectivity index (χ3v) is 3.11. The molecule has 0 amide bonds. The molecule has 0 bridgehead atoms. The van der Waals surface area contributed by atoms with Crippen LogP contribution >= 0.6 is 0 Å². The summed E-state index contributed by atoms with van der Waals surface area (Å²) in [4.78, 5) is 11.5. The Morgan fingerprint density at radius 2 is 1.52 bits per heavy atom. The van der Waals surface area contributed by atoms with Gasteiger partial charge in [-0.3, -0.25) is 0 Å². The summed E-state index contributed by atoms with van der Waals surface area (Å²) in [6, 6.07) is 7.51. The number of benzene rings is 2. The molecular weight excluding hydrogens is 283 g/mol. The maximum atomic E-state index is 13.3. The Morgan fingerprint density at radius 3 is 2.00 bits per heavy atom. The van der Waals surface area contributed by atoms with Crippen LogP contribution < -0.4 is 5.32 Å². The van der Waals surface area contributed by atoms with Gasteiger partial charge in [-0.15, -0.1) is 0 Å². The zero-order valence-electron chi connectivity index (χ0n) is 11.0. The zero-order chi connectivity index (χ0) is 15.6. The van der Waals surface area contributed by atoms with Crippen molar-refractivity contribution >= 4 is 11.7 Å². The Labute approximate surface area is 119 Å². The number of rotatable bonds is 4. The SMILES string of the molecule is CC(Nc1ccc(F)cc1)(C(=O)O)c1cc(F)cc(F)c1. The molecule has 0 aliphatic rings. The summed E-state index contributed by atoms with van der Waals surface area (Å²) < 4.78 is 39.5. The van der Waals surface area contributed by atoms with E-state index < -0.39 is 29.0 Å². The molecular formula is C15H12F3NO2. The van der Waals surface area contributed by atoms with Gasteiger partial charge in [0.1, 0.15) is 17.5 Å². The van der Waals surface area contributed by atoms with Crippen molar-refractivity contribution in [1.82, 2.24) is 0 Å². The number of carboxylic acid groups (broad SMARTS) is 1. The van der Waals surface area contributed by atoms with Gasteiger partial charge in [0.05, 0.1) is 0 Å². The quantitative estimate of drug-likeness (QED) is 0.907. The third-order valence-electron chi connectivity index (χ3n) is 3.11. The lowest BCUT2D eigenvalue weighted by Gasteiger charge is -2.28. The van der Waals surface area contributed by atoms with Crippen LogP contribution in [0, 0.1) is 17.5 Å². The number of carboxylic acids is 1. The van der Waals surface area contributed by atoms with Gasteiger partial charge in [0.2, 0.25) is 0 Å². The maximum Gasteiger partial charge on any atom is 0.333 e. The van der Waals surface area contributed by atoms with E-state index >= 15 is 0 Å². The highest BCUT2D eigenvalue weighted by molar-refractivity contribution is 5.84. The van der Waals surface area contributed by atoms with Crippen LogP contribution in [0.5, 0.6) is 0 Å². The molecule has 2 aromatic carbocycles. The second kappa shape index (κ2) is 5.47. The molecule has 0 fully saturated rings. The van der Waals surface area contributed by atoms with E-state index in [9.17, 15) is 23.1 Å². The molecule has 1 unspecified atom stereocenters. The average Bonchev–Trinajstić information content (AvgIpc) is 2.40. The Balaban J connectivity index is 2.44. The fourth-order valence-electron chi connectivity index (χ4n) is 1.91. The predicted molar refractivity (Wildman–Crippen MR) is 71.4 cm³/mol. The summed E-state index contributed by atoms with van der Waals surface area (Å²) in [5.41, 5.74) is -1.54. The van der Waals surface area contributed by atoms with Crippen LogP contribution in [0.2, 0.25) is 0 Å². The molecule has 0 heterocycles. The number of aliphatic carboxylic acids is 1. The van der Waals surface area contributed by atoms with E-state index in [0.717, 1.165) is 24.3 Å². The van der Waals surface area contributed by atoms with Crippen molar-refractivity contribution in [2.45, 2.75) is 12.5 Å². The van der Waals surface area contributed by atoms with Crippen LogP contribution in [-0.4, -0.2) is 11.1 Å². The minimum absolute atomic E-state index is 0.0863. The Bertz CT molecular complexity index is 653. The van der Waals surface area contributed by atoms with Gasteiger partial charge in [0.15, 0.2) is 5.54 Å².